The molecule has 0 N–H and O–H groups in total. The molecular formula is C69H92N10OS2. The zero-order valence-electron chi connectivity index (χ0n) is 47.3. The van der Waals surface area contributed by atoms with Crippen molar-refractivity contribution in [1.82, 2.24) is 49.0 Å². The minimum atomic E-state index is -0.0549. The molecule has 436 valence electrons. The van der Waals surface area contributed by atoms with Gasteiger partial charge in [-0.3, -0.25) is 9.13 Å². The van der Waals surface area contributed by atoms with E-state index >= 15 is 0 Å². The quantitative estimate of drug-likeness (QED) is 0.166. The Kier molecular flexibility index (Phi) is 23.5. The molecule has 13 heteroatoms. The summed E-state index contributed by atoms with van der Waals surface area (Å²) in [6.07, 6.45) is 5.29. The third kappa shape index (κ3) is 16.6. The van der Waals surface area contributed by atoms with Crippen LogP contribution in [0.25, 0.3) is 65.4 Å². The largest absolute Gasteiger partial charge is 0.438 e. The van der Waals surface area contributed by atoms with Gasteiger partial charge in [0.05, 0.1) is 36.5 Å². The minimum Gasteiger partial charge on any atom is -0.438 e. The van der Waals surface area contributed by atoms with E-state index in [0.717, 1.165) is 61.7 Å². The van der Waals surface area contributed by atoms with Gasteiger partial charge in [-0.1, -0.05) is 202 Å². The fourth-order valence-electron chi connectivity index (χ4n) is 8.00. The van der Waals surface area contributed by atoms with Gasteiger partial charge in [0.15, 0.2) is 22.5 Å². The van der Waals surface area contributed by atoms with Crippen molar-refractivity contribution >= 4 is 76.7 Å². The molecule has 8 aromatic heterocycles. The molecule has 0 radical (unpaired) electrons. The molecule has 0 fully saturated rings. The van der Waals surface area contributed by atoms with Crippen molar-refractivity contribution in [3.63, 3.8) is 0 Å². The van der Waals surface area contributed by atoms with E-state index in [0.29, 0.717) is 5.65 Å². The van der Waals surface area contributed by atoms with Crippen molar-refractivity contribution in [2.24, 2.45) is 0 Å². The van der Waals surface area contributed by atoms with Crippen LogP contribution in [0.5, 0.6) is 0 Å². The third-order valence-electron chi connectivity index (χ3n) is 11.9. The molecule has 0 saturated heterocycles. The number of pyridine rings is 3. The van der Waals surface area contributed by atoms with Gasteiger partial charge >= 0.3 is 0 Å². The van der Waals surface area contributed by atoms with Crippen LogP contribution in [0.1, 0.15) is 169 Å². The average Bonchev–Trinajstić information content (AvgIpc) is 4.44. The number of hydrogen-bond acceptors (Lipinski definition) is 11. The van der Waals surface area contributed by atoms with Crippen LogP contribution < -0.4 is 0 Å². The number of hydrogen-bond donors (Lipinski definition) is 0. The molecule has 0 aliphatic rings. The van der Waals surface area contributed by atoms with Crippen molar-refractivity contribution in [3.05, 3.63) is 192 Å². The van der Waals surface area contributed by atoms with Crippen LogP contribution in [0.3, 0.4) is 0 Å². The standard InChI is InChI=1S/C17H18N2.C16H17N3.C11H13NS.C10H12N2O.C10H12N2S.5CH4/c1-17(2,3)16-18-14-11-7-8-12-15(14)19(16)13-9-5-4-6-10-13;1-16(2,3)15-18-14-13(10-7-11-17-14)19(15)12-8-5-4-6-9-12;1-11(2,3)10-12-8-6-4-5-7-9(8)13-10;2*1-10(2,3)9-12-8-7(13-9)5-4-6-11-8;;;;;/h4-12H,1-3H3;4-11H,1-3H3;4-7H,1-3H3;2*4-6H,1-3H3;5*1H4. The first-order valence-electron chi connectivity index (χ1n) is 26.1. The maximum atomic E-state index is 5.56. The van der Waals surface area contributed by atoms with Gasteiger partial charge in [0.2, 0.25) is 5.89 Å². The number of thiazole rings is 2. The number of fused-ring (bicyclic) bond motifs is 5. The Balaban J connectivity index is 0.000000268. The molecule has 8 heterocycles. The normalized spacial score (nSPS) is 11.4. The van der Waals surface area contributed by atoms with Crippen LogP contribution in [0.15, 0.2) is 169 Å². The molecule has 0 saturated carbocycles. The van der Waals surface area contributed by atoms with Gasteiger partial charge in [0, 0.05) is 57.0 Å². The Morgan fingerprint density at radius 3 is 1.29 bits per heavy atom. The molecule has 12 rings (SSSR count). The molecular weight excluding hydrogens is 1050 g/mol. The highest BCUT2D eigenvalue weighted by molar-refractivity contribution is 7.19. The summed E-state index contributed by atoms with van der Waals surface area (Å²) in [5, 5.41) is 2.37. The summed E-state index contributed by atoms with van der Waals surface area (Å²) in [5.41, 5.74) is 10.0. The molecule has 0 aliphatic carbocycles. The predicted octanol–water partition coefficient (Wildman–Crippen LogP) is 20.3. The highest BCUT2D eigenvalue weighted by Gasteiger charge is 2.26. The fraction of sp³-hybridized carbons (Fsp3) is 0.362. The molecule has 0 bridgehead atoms. The molecule has 0 aliphatic heterocycles. The first kappa shape index (κ1) is 68.8. The summed E-state index contributed by atoms with van der Waals surface area (Å²) in [6, 6.07) is 49.1. The van der Waals surface area contributed by atoms with Crippen molar-refractivity contribution in [3.8, 4) is 11.4 Å². The Labute approximate surface area is 498 Å². The van der Waals surface area contributed by atoms with Gasteiger partial charge in [-0.15, -0.1) is 22.7 Å². The minimum absolute atomic E-state index is 0. The van der Waals surface area contributed by atoms with Crippen LogP contribution in [0.4, 0.5) is 0 Å². The molecule has 4 aromatic carbocycles. The van der Waals surface area contributed by atoms with E-state index in [1.807, 2.05) is 60.7 Å². The third-order valence-corrected chi connectivity index (χ3v) is 14.8. The lowest BCUT2D eigenvalue weighted by molar-refractivity contribution is 0.411. The van der Waals surface area contributed by atoms with Gasteiger partial charge in [0.1, 0.15) is 16.7 Å². The average molecular weight is 1140 g/mol. The highest BCUT2D eigenvalue weighted by atomic mass is 32.1. The molecule has 11 nitrogen and oxygen atoms in total. The lowest BCUT2D eigenvalue weighted by atomic mass is 9.95. The topological polar surface area (TPSA) is 126 Å². The van der Waals surface area contributed by atoms with E-state index in [9.17, 15) is 0 Å². The second kappa shape index (κ2) is 28.0. The SMILES string of the molecule is C.C.C.C.C.CC(C)(C)c1nc2ccccc2n1-c1ccccc1.CC(C)(C)c1nc2ccccc2s1.CC(C)(C)c1nc2ncccc2n1-c1ccccc1.CC(C)(C)c1nc2ncccc2o1.CC(C)(C)c1nc2ncccc2s1. The van der Waals surface area contributed by atoms with E-state index in [4.69, 9.17) is 14.4 Å². The van der Waals surface area contributed by atoms with Crippen LogP contribution in [-0.2, 0) is 27.1 Å². The van der Waals surface area contributed by atoms with E-state index < -0.39 is 0 Å². The number of imidazole rings is 2. The molecule has 12 aromatic rings. The molecule has 82 heavy (non-hydrogen) atoms. The van der Waals surface area contributed by atoms with Crippen molar-refractivity contribution in [2.45, 2.75) is 168 Å². The van der Waals surface area contributed by atoms with Crippen LogP contribution in [0, 0.1) is 0 Å². The van der Waals surface area contributed by atoms with Crippen LogP contribution in [0.2, 0.25) is 0 Å². The van der Waals surface area contributed by atoms with Gasteiger partial charge in [-0.25, -0.2) is 34.9 Å². The van der Waals surface area contributed by atoms with Crippen LogP contribution >= 0.6 is 22.7 Å². The number of para-hydroxylation sites is 5. The van der Waals surface area contributed by atoms with E-state index in [2.05, 4.69) is 228 Å². The Morgan fingerprint density at radius 2 is 0.768 bits per heavy atom. The Hall–Kier alpha value is -7.48. The summed E-state index contributed by atoms with van der Waals surface area (Å²) in [4.78, 5) is 35.6. The maximum absolute atomic E-state index is 5.56. The second-order valence-corrected chi connectivity index (χ2v) is 26.0. The molecule has 0 unspecified atom stereocenters. The van der Waals surface area contributed by atoms with Crippen molar-refractivity contribution < 1.29 is 4.42 Å². The lowest BCUT2D eigenvalue weighted by Crippen LogP contribution is -2.18. The Bertz CT molecular complexity index is 3430. The molecule has 0 amide bonds. The number of oxazole rings is 1. The smallest absolute Gasteiger partial charge is 0.202 e. The van der Waals surface area contributed by atoms with Gasteiger partial charge in [0.25, 0.3) is 0 Å². The number of rotatable bonds is 2. The Morgan fingerprint density at radius 1 is 0.341 bits per heavy atom. The van der Waals surface area contributed by atoms with Crippen molar-refractivity contribution in [1.29, 1.82) is 0 Å². The summed E-state index contributed by atoms with van der Waals surface area (Å²) in [5.74, 6) is 2.87. The zero-order chi connectivity index (χ0) is 55.3. The first-order valence-corrected chi connectivity index (χ1v) is 27.7. The lowest BCUT2D eigenvalue weighted by Gasteiger charge is -2.20. The van der Waals surface area contributed by atoms with E-state index in [1.54, 1.807) is 41.3 Å². The first-order chi connectivity index (χ1) is 36.4. The van der Waals surface area contributed by atoms with Gasteiger partial charge in [-0.05, 0) is 84.9 Å². The highest BCUT2D eigenvalue weighted by Crippen LogP contribution is 2.33. The number of aromatic nitrogens is 10. The summed E-state index contributed by atoms with van der Waals surface area (Å²) in [6.45, 7) is 32.4. The zero-order valence-corrected chi connectivity index (χ0v) is 48.9. The van der Waals surface area contributed by atoms with Gasteiger partial charge in [-0.2, -0.15) is 4.98 Å². The predicted molar refractivity (Wildman–Crippen MR) is 356 cm³/mol. The fourth-order valence-corrected chi connectivity index (χ4v) is 10.0. The van der Waals surface area contributed by atoms with E-state index in [1.165, 1.54) is 25.6 Å². The summed E-state index contributed by atoms with van der Waals surface area (Å²) in [7, 11) is 0. The number of benzene rings is 4. The molecule has 0 atom stereocenters. The maximum Gasteiger partial charge on any atom is 0.202 e. The second-order valence-electron chi connectivity index (χ2n) is 24.0. The molecule has 0 spiro atoms. The van der Waals surface area contributed by atoms with E-state index in [-0.39, 0.29) is 64.2 Å². The van der Waals surface area contributed by atoms with Crippen molar-refractivity contribution in [2.75, 3.05) is 0 Å². The monoisotopic (exact) mass is 1140 g/mol. The van der Waals surface area contributed by atoms with Gasteiger partial charge < -0.3 is 4.42 Å². The number of nitrogens with zero attached hydrogens (tertiary/aromatic N) is 10. The van der Waals surface area contributed by atoms with Crippen LogP contribution in [-0.4, -0.2) is 49.0 Å². The summed E-state index contributed by atoms with van der Waals surface area (Å²) >= 11 is 3.52. The summed E-state index contributed by atoms with van der Waals surface area (Å²) < 4.78 is 12.5.